The second-order valence-corrected chi connectivity index (χ2v) is 3.27. The fourth-order valence-corrected chi connectivity index (χ4v) is 0.823. The van der Waals surface area contributed by atoms with Crippen LogP contribution in [0.25, 0.3) is 0 Å². The quantitative estimate of drug-likeness (QED) is 0.697. The third-order valence-corrected chi connectivity index (χ3v) is 1.30. The van der Waals surface area contributed by atoms with E-state index >= 15 is 0 Å². The van der Waals surface area contributed by atoms with Crippen LogP contribution in [0, 0.1) is 6.20 Å². The zero-order valence-electron chi connectivity index (χ0n) is 7.11. The molecular weight excluding hydrogens is 156 g/mol. The summed E-state index contributed by atoms with van der Waals surface area (Å²) in [4.78, 5) is 11.2. The Hall–Kier alpha value is -1.16. The van der Waals surface area contributed by atoms with Crippen LogP contribution >= 0.6 is 0 Å². The summed E-state index contributed by atoms with van der Waals surface area (Å²) in [6.07, 6.45) is 4.07. The Labute approximate surface area is 70.8 Å². The molecule has 0 unspecified atom stereocenters. The molecule has 0 aromatic carbocycles. The van der Waals surface area contributed by atoms with Crippen LogP contribution in [-0.4, -0.2) is 26.4 Å². The third kappa shape index (κ3) is 2.47. The van der Waals surface area contributed by atoms with Crippen molar-refractivity contribution in [1.82, 2.24) is 9.78 Å². The number of rotatable bonds is 2. The van der Waals surface area contributed by atoms with Crippen molar-refractivity contribution in [2.24, 2.45) is 0 Å². The van der Waals surface area contributed by atoms with Gasteiger partial charge in [0.2, 0.25) is 5.91 Å². The van der Waals surface area contributed by atoms with Crippen molar-refractivity contribution in [2.75, 3.05) is 0 Å². The number of hydrogen-bond donors (Lipinski definition) is 1. The normalized spacial score (nSPS) is 11.6. The minimum Gasteiger partial charge on any atom is -0.390 e. The van der Waals surface area contributed by atoms with Gasteiger partial charge in [-0.2, -0.15) is 5.10 Å². The van der Waals surface area contributed by atoms with Crippen molar-refractivity contribution in [3.05, 3.63) is 18.5 Å². The van der Waals surface area contributed by atoms with Crippen LogP contribution in [0.15, 0.2) is 12.3 Å². The zero-order valence-corrected chi connectivity index (χ0v) is 7.11. The van der Waals surface area contributed by atoms with Gasteiger partial charge in [-0.25, -0.2) is 4.68 Å². The highest BCUT2D eigenvalue weighted by atomic mass is 16.3. The molecule has 0 atom stereocenters. The predicted octanol–water partition coefficient (Wildman–Crippen LogP) is 0.484. The van der Waals surface area contributed by atoms with E-state index in [4.69, 9.17) is 0 Å². The zero-order chi connectivity index (χ0) is 9.19. The Kier molecular flexibility index (Phi) is 2.28. The summed E-state index contributed by atoms with van der Waals surface area (Å²) in [6, 6.07) is 1.54. The van der Waals surface area contributed by atoms with Crippen molar-refractivity contribution in [2.45, 2.75) is 25.9 Å². The molecular formula is C8H11N2O2. The smallest absolute Gasteiger partial charge is 0.249 e. The molecule has 0 aliphatic carbocycles. The standard InChI is InChI=1S/C8H11N2O2/c1-8(2,12)6-7(11)10-5-3-4-9-10/h3,5,12H,6H2,1-2H3. The molecule has 1 aromatic heterocycles. The summed E-state index contributed by atoms with van der Waals surface area (Å²) in [6.45, 7) is 3.16. The molecule has 65 valence electrons. The number of nitrogens with zero attached hydrogens (tertiary/aromatic N) is 2. The average molecular weight is 167 g/mol. The highest BCUT2D eigenvalue weighted by molar-refractivity contribution is 5.78. The number of carbonyl (C=O) groups excluding carboxylic acids is 1. The van der Waals surface area contributed by atoms with E-state index in [0.29, 0.717) is 0 Å². The topological polar surface area (TPSA) is 55.1 Å². The van der Waals surface area contributed by atoms with Gasteiger partial charge in [0, 0.05) is 6.20 Å². The van der Waals surface area contributed by atoms with E-state index in [1.54, 1.807) is 19.9 Å². The van der Waals surface area contributed by atoms with Crippen molar-refractivity contribution < 1.29 is 9.90 Å². The van der Waals surface area contributed by atoms with Crippen LogP contribution in [0.2, 0.25) is 0 Å². The van der Waals surface area contributed by atoms with Crippen LogP contribution in [0.5, 0.6) is 0 Å². The largest absolute Gasteiger partial charge is 0.390 e. The van der Waals surface area contributed by atoms with Crippen molar-refractivity contribution >= 4 is 5.91 Å². The van der Waals surface area contributed by atoms with Gasteiger partial charge in [0.15, 0.2) is 0 Å². The maximum Gasteiger partial charge on any atom is 0.249 e. The maximum absolute atomic E-state index is 11.2. The van der Waals surface area contributed by atoms with E-state index in [9.17, 15) is 9.90 Å². The van der Waals surface area contributed by atoms with Crippen LogP contribution in [0.4, 0.5) is 0 Å². The maximum atomic E-state index is 11.2. The number of aliphatic hydroxyl groups is 1. The molecule has 0 aliphatic heterocycles. The highest BCUT2D eigenvalue weighted by Gasteiger charge is 2.19. The number of hydrogen-bond acceptors (Lipinski definition) is 3. The first-order valence-corrected chi connectivity index (χ1v) is 3.66. The summed E-state index contributed by atoms with van der Waals surface area (Å²) in [5.74, 6) is -0.233. The van der Waals surface area contributed by atoms with Gasteiger partial charge >= 0.3 is 0 Å². The highest BCUT2D eigenvalue weighted by Crippen LogP contribution is 2.08. The lowest BCUT2D eigenvalue weighted by atomic mass is 10.1. The number of carbonyl (C=O) groups is 1. The lowest BCUT2D eigenvalue weighted by Crippen LogP contribution is -2.26. The molecule has 4 nitrogen and oxygen atoms in total. The van der Waals surface area contributed by atoms with E-state index in [2.05, 4.69) is 11.3 Å². The molecule has 1 N–H and O–H groups in total. The average Bonchev–Trinajstić information content (AvgIpc) is 2.32. The molecule has 1 radical (unpaired) electrons. The first-order chi connectivity index (χ1) is 5.49. The van der Waals surface area contributed by atoms with E-state index in [0.717, 1.165) is 4.68 Å². The molecule has 1 rings (SSSR count). The first kappa shape index (κ1) is 8.93. The molecule has 4 heteroatoms. The molecule has 0 bridgehead atoms. The predicted molar refractivity (Wildman–Crippen MR) is 42.6 cm³/mol. The lowest BCUT2D eigenvalue weighted by molar-refractivity contribution is 0.0518. The van der Waals surface area contributed by atoms with Crippen LogP contribution < -0.4 is 0 Å². The molecule has 0 saturated carbocycles. The fraction of sp³-hybridized carbons (Fsp3) is 0.500. The molecule has 12 heavy (non-hydrogen) atoms. The first-order valence-electron chi connectivity index (χ1n) is 3.66. The van der Waals surface area contributed by atoms with Crippen LogP contribution in [-0.2, 0) is 0 Å². The van der Waals surface area contributed by atoms with Gasteiger partial charge in [0.25, 0.3) is 0 Å². The van der Waals surface area contributed by atoms with Gasteiger partial charge < -0.3 is 5.11 Å². The fourth-order valence-electron chi connectivity index (χ4n) is 0.823. The van der Waals surface area contributed by atoms with Crippen LogP contribution in [0.3, 0.4) is 0 Å². The molecule has 1 aromatic rings. The van der Waals surface area contributed by atoms with Crippen molar-refractivity contribution in [1.29, 1.82) is 0 Å². The second-order valence-electron chi connectivity index (χ2n) is 3.27. The minimum absolute atomic E-state index is 0.0581. The molecule has 0 spiro atoms. The van der Waals surface area contributed by atoms with Gasteiger partial charge in [-0.05, 0) is 19.9 Å². The number of aromatic nitrogens is 2. The Balaban J connectivity index is 2.63. The van der Waals surface area contributed by atoms with Gasteiger partial charge in [0.1, 0.15) is 6.20 Å². The summed E-state index contributed by atoms with van der Waals surface area (Å²) in [5, 5.41) is 12.9. The Morgan fingerprint density at radius 2 is 2.42 bits per heavy atom. The van der Waals surface area contributed by atoms with E-state index in [-0.39, 0.29) is 12.3 Å². The SMILES string of the molecule is CC(C)(O)CC(=O)n1cc[c]n1. The van der Waals surface area contributed by atoms with Gasteiger partial charge in [0.05, 0.1) is 12.0 Å². The second kappa shape index (κ2) is 3.06. The summed E-state index contributed by atoms with van der Waals surface area (Å²) in [7, 11) is 0. The Morgan fingerprint density at radius 3 is 2.83 bits per heavy atom. The third-order valence-electron chi connectivity index (χ3n) is 1.30. The Morgan fingerprint density at radius 1 is 1.75 bits per heavy atom. The molecule has 1 heterocycles. The van der Waals surface area contributed by atoms with Crippen molar-refractivity contribution in [3.63, 3.8) is 0 Å². The molecule has 0 saturated heterocycles. The van der Waals surface area contributed by atoms with Crippen LogP contribution in [0.1, 0.15) is 25.1 Å². The van der Waals surface area contributed by atoms with Crippen molar-refractivity contribution in [3.8, 4) is 0 Å². The van der Waals surface area contributed by atoms with Gasteiger partial charge in [-0.3, -0.25) is 4.79 Å². The molecule has 0 fully saturated rings. The molecule has 0 amide bonds. The minimum atomic E-state index is -0.983. The van der Waals surface area contributed by atoms with E-state index < -0.39 is 5.60 Å². The summed E-state index contributed by atoms with van der Waals surface area (Å²) < 4.78 is 1.16. The van der Waals surface area contributed by atoms with Gasteiger partial charge in [-0.1, -0.05) is 0 Å². The summed E-state index contributed by atoms with van der Waals surface area (Å²) in [5.41, 5.74) is -0.983. The molecule has 0 aliphatic rings. The van der Waals surface area contributed by atoms with Gasteiger partial charge in [-0.15, -0.1) is 0 Å². The Bertz CT molecular complexity index is 259. The van der Waals surface area contributed by atoms with E-state index in [1.165, 1.54) is 6.20 Å². The van der Waals surface area contributed by atoms with E-state index in [1.807, 2.05) is 0 Å². The lowest BCUT2D eigenvalue weighted by Gasteiger charge is -2.14. The monoisotopic (exact) mass is 167 g/mol. The summed E-state index contributed by atoms with van der Waals surface area (Å²) >= 11 is 0.